The highest BCUT2D eigenvalue weighted by atomic mass is 19.4. The van der Waals surface area contributed by atoms with Gasteiger partial charge in [-0.25, -0.2) is 0 Å². The van der Waals surface area contributed by atoms with Gasteiger partial charge in [-0.1, -0.05) is 0 Å². The summed E-state index contributed by atoms with van der Waals surface area (Å²) in [6.07, 6.45) is -2.05. The van der Waals surface area contributed by atoms with Crippen LogP contribution < -0.4 is 5.32 Å². The van der Waals surface area contributed by atoms with Crippen LogP contribution in [0.25, 0.3) is 0 Å². The SMILES string of the molecule is CC1CCC(CNCCCC(F)(F)F)O1. The summed E-state index contributed by atoms with van der Waals surface area (Å²) in [5, 5.41) is 3.00. The van der Waals surface area contributed by atoms with E-state index in [4.69, 9.17) is 4.74 Å². The van der Waals surface area contributed by atoms with E-state index in [1.807, 2.05) is 6.92 Å². The van der Waals surface area contributed by atoms with E-state index < -0.39 is 12.6 Å². The molecule has 0 aromatic heterocycles. The summed E-state index contributed by atoms with van der Waals surface area (Å²) in [7, 11) is 0. The highest BCUT2D eigenvalue weighted by molar-refractivity contribution is 4.72. The van der Waals surface area contributed by atoms with Gasteiger partial charge in [-0.3, -0.25) is 0 Å². The maximum Gasteiger partial charge on any atom is 0.389 e. The normalized spacial score (nSPS) is 27.2. The lowest BCUT2D eigenvalue weighted by atomic mass is 10.2. The Hall–Kier alpha value is -0.290. The van der Waals surface area contributed by atoms with Gasteiger partial charge in [-0.2, -0.15) is 13.2 Å². The topological polar surface area (TPSA) is 21.3 Å². The number of rotatable bonds is 5. The van der Waals surface area contributed by atoms with Gasteiger partial charge in [0.15, 0.2) is 0 Å². The van der Waals surface area contributed by atoms with Crippen LogP contribution in [0.3, 0.4) is 0 Å². The summed E-state index contributed by atoms with van der Waals surface area (Å²) >= 11 is 0. The lowest BCUT2D eigenvalue weighted by Gasteiger charge is -2.12. The first-order valence-electron chi connectivity index (χ1n) is 5.40. The molecule has 0 saturated carbocycles. The Labute approximate surface area is 88.2 Å². The number of nitrogens with one attached hydrogen (secondary N) is 1. The molecule has 1 rings (SSSR count). The average molecular weight is 225 g/mol. The Bertz CT molecular complexity index is 184. The van der Waals surface area contributed by atoms with Crippen LogP contribution in [-0.4, -0.2) is 31.5 Å². The lowest BCUT2D eigenvalue weighted by molar-refractivity contribution is -0.135. The molecule has 0 aromatic rings. The van der Waals surface area contributed by atoms with E-state index in [0.717, 1.165) is 12.8 Å². The van der Waals surface area contributed by atoms with Gasteiger partial charge in [0.2, 0.25) is 0 Å². The van der Waals surface area contributed by atoms with Gasteiger partial charge in [0.25, 0.3) is 0 Å². The summed E-state index contributed by atoms with van der Waals surface area (Å²) in [5.74, 6) is 0. The highest BCUT2D eigenvalue weighted by Gasteiger charge is 2.26. The zero-order valence-corrected chi connectivity index (χ0v) is 8.94. The fourth-order valence-electron chi connectivity index (χ4n) is 1.71. The quantitative estimate of drug-likeness (QED) is 0.726. The molecule has 1 N–H and O–H groups in total. The van der Waals surface area contributed by atoms with Crippen molar-refractivity contribution in [1.82, 2.24) is 5.32 Å². The first kappa shape index (κ1) is 12.8. The molecule has 1 fully saturated rings. The molecule has 0 aromatic carbocycles. The molecule has 90 valence electrons. The second kappa shape index (κ2) is 5.70. The Morgan fingerprint density at radius 2 is 2.07 bits per heavy atom. The number of halogens is 3. The van der Waals surface area contributed by atoms with Crippen LogP contribution in [0.5, 0.6) is 0 Å². The molecule has 0 radical (unpaired) electrons. The zero-order valence-electron chi connectivity index (χ0n) is 8.94. The second-order valence-electron chi connectivity index (χ2n) is 4.07. The van der Waals surface area contributed by atoms with E-state index >= 15 is 0 Å². The van der Waals surface area contributed by atoms with Crippen molar-refractivity contribution in [1.29, 1.82) is 0 Å². The minimum Gasteiger partial charge on any atom is -0.374 e. The van der Waals surface area contributed by atoms with Crippen LogP contribution in [-0.2, 0) is 4.74 Å². The molecule has 1 heterocycles. The minimum absolute atomic E-state index is 0.145. The van der Waals surface area contributed by atoms with Crippen LogP contribution in [0.4, 0.5) is 13.2 Å². The fourth-order valence-corrected chi connectivity index (χ4v) is 1.71. The molecule has 0 bridgehead atoms. The van der Waals surface area contributed by atoms with Crippen molar-refractivity contribution in [2.24, 2.45) is 0 Å². The van der Waals surface area contributed by atoms with E-state index in [-0.39, 0.29) is 12.5 Å². The summed E-state index contributed by atoms with van der Waals surface area (Å²) in [6.45, 7) is 3.10. The molecule has 2 nitrogen and oxygen atoms in total. The largest absolute Gasteiger partial charge is 0.389 e. The molecule has 1 aliphatic rings. The van der Waals surface area contributed by atoms with Crippen molar-refractivity contribution in [3.63, 3.8) is 0 Å². The van der Waals surface area contributed by atoms with E-state index in [1.165, 1.54) is 0 Å². The maximum absolute atomic E-state index is 11.8. The smallest absolute Gasteiger partial charge is 0.374 e. The first-order valence-corrected chi connectivity index (χ1v) is 5.40. The van der Waals surface area contributed by atoms with Crippen LogP contribution >= 0.6 is 0 Å². The molecule has 1 saturated heterocycles. The zero-order chi connectivity index (χ0) is 11.3. The van der Waals surface area contributed by atoms with Crippen molar-refractivity contribution in [2.75, 3.05) is 13.1 Å². The summed E-state index contributed by atoms with van der Waals surface area (Å²) < 4.78 is 40.9. The summed E-state index contributed by atoms with van der Waals surface area (Å²) in [4.78, 5) is 0. The molecule has 2 atom stereocenters. The standard InChI is InChI=1S/C10H18F3NO/c1-8-3-4-9(15-8)7-14-6-2-5-10(11,12)13/h8-9,14H,2-7H2,1H3. The molecular weight excluding hydrogens is 207 g/mol. The molecule has 0 spiro atoms. The van der Waals surface area contributed by atoms with Gasteiger partial charge in [0.05, 0.1) is 12.2 Å². The predicted octanol–water partition coefficient (Wildman–Crippen LogP) is 2.49. The second-order valence-corrected chi connectivity index (χ2v) is 4.07. The third kappa shape index (κ3) is 5.99. The van der Waals surface area contributed by atoms with Crippen LogP contribution in [0.1, 0.15) is 32.6 Å². The average Bonchev–Trinajstić information content (AvgIpc) is 2.49. The first-order chi connectivity index (χ1) is 6.97. The number of hydrogen-bond donors (Lipinski definition) is 1. The Morgan fingerprint density at radius 1 is 1.33 bits per heavy atom. The van der Waals surface area contributed by atoms with Gasteiger partial charge in [0, 0.05) is 13.0 Å². The third-order valence-electron chi connectivity index (χ3n) is 2.51. The van der Waals surface area contributed by atoms with Crippen LogP contribution in [0.15, 0.2) is 0 Å². The van der Waals surface area contributed by atoms with Crippen molar-refractivity contribution >= 4 is 0 Å². The van der Waals surface area contributed by atoms with E-state index in [9.17, 15) is 13.2 Å². The fraction of sp³-hybridized carbons (Fsp3) is 1.00. The number of ether oxygens (including phenoxy) is 1. The van der Waals surface area contributed by atoms with E-state index in [2.05, 4.69) is 5.32 Å². The molecule has 5 heteroatoms. The molecule has 0 aliphatic carbocycles. The van der Waals surface area contributed by atoms with Crippen molar-refractivity contribution in [3.8, 4) is 0 Å². The van der Waals surface area contributed by atoms with Crippen molar-refractivity contribution in [3.05, 3.63) is 0 Å². The van der Waals surface area contributed by atoms with Crippen molar-refractivity contribution in [2.45, 2.75) is 51.0 Å². The Balaban J connectivity index is 1.93. The van der Waals surface area contributed by atoms with Crippen LogP contribution in [0.2, 0.25) is 0 Å². The highest BCUT2D eigenvalue weighted by Crippen LogP contribution is 2.21. The van der Waals surface area contributed by atoms with Crippen LogP contribution in [0, 0.1) is 0 Å². The molecule has 15 heavy (non-hydrogen) atoms. The molecule has 2 unspecified atom stereocenters. The molecule has 1 aliphatic heterocycles. The Morgan fingerprint density at radius 3 is 2.60 bits per heavy atom. The summed E-state index contributed by atoms with van der Waals surface area (Å²) in [5.41, 5.74) is 0. The predicted molar refractivity (Wildman–Crippen MR) is 51.7 cm³/mol. The number of hydrogen-bond acceptors (Lipinski definition) is 2. The third-order valence-corrected chi connectivity index (χ3v) is 2.51. The number of alkyl halides is 3. The van der Waals surface area contributed by atoms with Gasteiger partial charge in [-0.15, -0.1) is 0 Å². The van der Waals surface area contributed by atoms with E-state index in [1.54, 1.807) is 0 Å². The van der Waals surface area contributed by atoms with Gasteiger partial charge in [0.1, 0.15) is 0 Å². The van der Waals surface area contributed by atoms with Gasteiger partial charge in [-0.05, 0) is 32.7 Å². The van der Waals surface area contributed by atoms with Gasteiger partial charge < -0.3 is 10.1 Å². The lowest BCUT2D eigenvalue weighted by Crippen LogP contribution is -2.28. The monoisotopic (exact) mass is 225 g/mol. The summed E-state index contributed by atoms with van der Waals surface area (Å²) in [6, 6.07) is 0. The van der Waals surface area contributed by atoms with Gasteiger partial charge >= 0.3 is 6.18 Å². The minimum atomic E-state index is -4.03. The van der Waals surface area contributed by atoms with Crippen molar-refractivity contribution < 1.29 is 17.9 Å². The maximum atomic E-state index is 11.8. The Kier molecular flexibility index (Phi) is 4.86. The van der Waals surface area contributed by atoms with E-state index in [0.29, 0.717) is 19.2 Å². The molecule has 0 amide bonds. The molecular formula is C10H18F3NO.